The minimum Gasteiger partial charge on any atom is -0.457 e. The number of hydrogen-bond acceptors (Lipinski definition) is 6. The second-order valence-electron chi connectivity index (χ2n) is 8.63. The van der Waals surface area contributed by atoms with Gasteiger partial charge in [-0.2, -0.15) is 0 Å². The van der Waals surface area contributed by atoms with Gasteiger partial charge in [0.1, 0.15) is 28.7 Å². The summed E-state index contributed by atoms with van der Waals surface area (Å²) in [6.07, 6.45) is 0. The topological polar surface area (TPSA) is 96.8 Å². The highest BCUT2D eigenvalue weighted by molar-refractivity contribution is 7.75. The maximum atomic E-state index is 14.9. The van der Waals surface area contributed by atoms with Crippen molar-refractivity contribution in [1.82, 2.24) is 0 Å². The summed E-state index contributed by atoms with van der Waals surface area (Å²) in [6.45, 7) is 0. The van der Waals surface area contributed by atoms with Gasteiger partial charge < -0.3 is 25.5 Å². The van der Waals surface area contributed by atoms with Crippen LogP contribution < -0.4 is 36.1 Å². The monoisotopic (exact) mass is 506 g/mol. The summed E-state index contributed by atoms with van der Waals surface area (Å²) in [5.41, 5.74) is 14.7. The van der Waals surface area contributed by atoms with Gasteiger partial charge in [0.15, 0.2) is 0 Å². The van der Waals surface area contributed by atoms with Gasteiger partial charge in [-0.15, -0.1) is 0 Å². The molecule has 0 aromatic heterocycles. The van der Waals surface area contributed by atoms with E-state index in [0.29, 0.717) is 50.7 Å². The summed E-state index contributed by atoms with van der Waals surface area (Å²) in [4.78, 5) is 0. The first-order valence-electron chi connectivity index (χ1n) is 11.7. The number of rotatable bonds is 5. The molecule has 1 atom stereocenters. The van der Waals surface area contributed by atoms with Crippen LogP contribution in [0.15, 0.2) is 115 Å². The van der Waals surface area contributed by atoms with E-state index >= 15 is 0 Å². The third-order valence-corrected chi connectivity index (χ3v) is 8.56. The lowest BCUT2D eigenvalue weighted by atomic mass is 10.0. The Morgan fingerprint density at radius 2 is 1.14 bits per heavy atom. The zero-order valence-electron chi connectivity index (χ0n) is 19.7. The van der Waals surface area contributed by atoms with Crippen LogP contribution in [0.2, 0.25) is 0 Å². The van der Waals surface area contributed by atoms with Crippen LogP contribution in [0.1, 0.15) is 0 Å². The van der Waals surface area contributed by atoms with Crippen LogP contribution in [0.5, 0.6) is 28.7 Å². The van der Waals surface area contributed by atoms with Gasteiger partial charge in [-0.3, -0.25) is 4.57 Å². The number of nitrogen functional groups attached to an aromatic ring is 2. The molecule has 182 valence electrons. The van der Waals surface area contributed by atoms with Gasteiger partial charge in [-0.1, -0.05) is 36.4 Å². The fourth-order valence-electron chi connectivity index (χ4n) is 4.31. The molecule has 4 N–H and O–H groups in total. The van der Waals surface area contributed by atoms with Crippen molar-refractivity contribution in [2.24, 2.45) is 0 Å². The van der Waals surface area contributed by atoms with Crippen LogP contribution in [0.25, 0.3) is 11.1 Å². The largest absolute Gasteiger partial charge is 0.457 e. The highest BCUT2D eigenvalue weighted by Gasteiger charge is 2.40. The summed E-state index contributed by atoms with van der Waals surface area (Å²) in [5, 5.41) is 0.986. The number of ether oxygens (including phenoxy) is 2. The maximum Gasteiger partial charge on any atom is 0.311 e. The predicted molar refractivity (Wildman–Crippen MR) is 148 cm³/mol. The Bertz CT molecular complexity index is 1650. The number of anilines is 2. The molecule has 1 aliphatic heterocycles. The summed E-state index contributed by atoms with van der Waals surface area (Å²) >= 11 is 0. The Balaban J connectivity index is 1.50. The molecule has 1 heterocycles. The van der Waals surface area contributed by atoms with Gasteiger partial charge in [0.2, 0.25) is 0 Å². The van der Waals surface area contributed by atoms with E-state index in [-0.39, 0.29) is 0 Å². The van der Waals surface area contributed by atoms with Gasteiger partial charge in [-0.05, 0) is 84.4 Å². The quantitative estimate of drug-likeness (QED) is 0.203. The van der Waals surface area contributed by atoms with Crippen LogP contribution in [-0.2, 0) is 4.57 Å². The summed E-state index contributed by atoms with van der Waals surface area (Å²) in [5.74, 6) is 2.58. The molecule has 0 saturated carbocycles. The average Bonchev–Trinajstić information content (AvgIpc) is 2.92. The van der Waals surface area contributed by atoms with Crippen molar-refractivity contribution >= 4 is 29.4 Å². The number of fused-ring (bicyclic) bond motifs is 3. The fraction of sp³-hybridized carbons (Fsp3) is 0. The van der Waals surface area contributed by atoms with E-state index in [0.717, 1.165) is 11.1 Å². The summed E-state index contributed by atoms with van der Waals surface area (Å²) in [7, 11) is -3.66. The smallest absolute Gasteiger partial charge is 0.311 e. The van der Waals surface area contributed by atoms with Crippen molar-refractivity contribution in [3.63, 3.8) is 0 Å². The van der Waals surface area contributed by atoms with Crippen LogP contribution >= 0.6 is 7.37 Å². The van der Waals surface area contributed by atoms with E-state index in [9.17, 15) is 4.57 Å². The van der Waals surface area contributed by atoms with E-state index in [4.69, 9.17) is 25.5 Å². The number of nitrogens with two attached hydrogens (primary N) is 2. The lowest BCUT2D eigenvalue weighted by Crippen LogP contribution is -2.26. The Morgan fingerprint density at radius 3 is 1.84 bits per heavy atom. The molecule has 0 spiro atoms. The molecule has 0 saturated heterocycles. The van der Waals surface area contributed by atoms with Crippen molar-refractivity contribution < 1.29 is 18.6 Å². The van der Waals surface area contributed by atoms with Crippen molar-refractivity contribution in [3.05, 3.63) is 115 Å². The number of hydrogen-bond donors (Lipinski definition) is 2. The molecule has 6 rings (SSSR count). The van der Waals surface area contributed by atoms with Crippen molar-refractivity contribution in [3.8, 4) is 39.9 Å². The normalized spacial score (nSPS) is 15.7. The molecule has 37 heavy (non-hydrogen) atoms. The van der Waals surface area contributed by atoms with E-state index < -0.39 is 7.37 Å². The third-order valence-electron chi connectivity index (χ3n) is 6.10. The molecular formula is C30H23N2O4P. The summed E-state index contributed by atoms with van der Waals surface area (Å²) < 4.78 is 33.6. The predicted octanol–water partition coefficient (Wildman–Crippen LogP) is 6.72. The van der Waals surface area contributed by atoms with Crippen LogP contribution in [-0.4, -0.2) is 0 Å². The Hall–Kier alpha value is -4.67. The van der Waals surface area contributed by atoms with Gasteiger partial charge in [0.05, 0.1) is 10.6 Å². The molecule has 1 aliphatic rings. The minimum atomic E-state index is -3.66. The maximum absolute atomic E-state index is 14.9. The Morgan fingerprint density at radius 1 is 0.568 bits per heavy atom. The Kier molecular flexibility index (Phi) is 5.59. The molecule has 6 nitrogen and oxygen atoms in total. The van der Waals surface area contributed by atoms with E-state index in [1.165, 1.54) is 0 Å². The van der Waals surface area contributed by atoms with Crippen molar-refractivity contribution in [2.45, 2.75) is 0 Å². The zero-order valence-corrected chi connectivity index (χ0v) is 20.6. The van der Waals surface area contributed by atoms with Gasteiger partial charge in [0.25, 0.3) is 0 Å². The molecule has 0 bridgehead atoms. The molecule has 0 radical (unpaired) electrons. The van der Waals surface area contributed by atoms with E-state index in [2.05, 4.69) is 0 Å². The number of para-hydroxylation sites is 1. The van der Waals surface area contributed by atoms with Gasteiger partial charge >= 0.3 is 7.37 Å². The van der Waals surface area contributed by atoms with Crippen molar-refractivity contribution in [2.75, 3.05) is 11.5 Å². The second kappa shape index (κ2) is 9.08. The highest BCUT2D eigenvalue weighted by Crippen LogP contribution is 2.55. The minimum absolute atomic E-state index is 0.388. The van der Waals surface area contributed by atoms with E-state index in [1.807, 2.05) is 48.5 Å². The molecule has 0 amide bonds. The first-order valence-corrected chi connectivity index (χ1v) is 13.3. The van der Waals surface area contributed by atoms with Gasteiger partial charge in [-0.25, -0.2) is 0 Å². The number of benzene rings is 5. The van der Waals surface area contributed by atoms with Crippen molar-refractivity contribution in [1.29, 1.82) is 0 Å². The fourth-order valence-corrected chi connectivity index (χ4v) is 6.70. The van der Waals surface area contributed by atoms with Crippen LogP contribution in [0, 0.1) is 0 Å². The average molecular weight is 506 g/mol. The first-order chi connectivity index (χ1) is 18.0. The Labute approximate surface area is 214 Å². The standard InChI is InChI=1S/C30H23N2O4P/c31-20-9-13-22(14-10-20)34-24-17-18-28(35-23-15-11-21(32)12-16-23)30(19-24)37(33)29-8-4-2-6-26(29)25-5-1-3-7-27(25)36-37/h1-19H,31-32H2. The summed E-state index contributed by atoms with van der Waals surface area (Å²) in [6, 6.07) is 34.5. The lowest BCUT2D eigenvalue weighted by molar-refractivity contribution is 0.467. The molecule has 7 heteroatoms. The molecule has 0 fully saturated rings. The van der Waals surface area contributed by atoms with Crippen LogP contribution in [0.3, 0.4) is 0 Å². The molecular weight excluding hydrogens is 483 g/mol. The third kappa shape index (κ3) is 4.28. The zero-order chi connectivity index (χ0) is 25.4. The lowest BCUT2D eigenvalue weighted by Gasteiger charge is -2.30. The molecule has 0 aliphatic carbocycles. The molecule has 5 aromatic rings. The second-order valence-corrected chi connectivity index (χ2v) is 10.9. The molecule has 5 aromatic carbocycles. The highest BCUT2D eigenvalue weighted by atomic mass is 31.2. The van der Waals surface area contributed by atoms with E-state index in [1.54, 1.807) is 66.7 Å². The first kappa shape index (κ1) is 22.8. The van der Waals surface area contributed by atoms with Gasteiger partial charge in [0, 0.05) is 16.9 Å². The molecule has 1 unspecified atom stereocenters. The van der Waals surface area contributed by atoms with Crippen LogP contribution in [0.4, 0.5) is 11.4 Å². The SMILES string of the molecule is Nc1ccc(Oc2ccc(Oc3ccc(N)cc3)c(P3(=O)Oc4ccccc4-c4ccccc43)c2)cc1.